The molecule has 1 aromatic heterocycles. The van der Waals surface area contributed by atoms with Gasteiger partial charge < -0.3 is 8.83 Å². The van der Waals surface area contributed by atoms with Crippen LogP contribution in [-0.4, -0.2) is 0 Å². The third-order valence-electron chi connectivity index (χ3n) is 1.82. The van der Waals surface area contributed by atoms with Crippen LogP contribution in [0.25, 0.3) is 11.3 Å². The lowest BCUT2D eigenvalue weighted by molar-refractivity contribution is 0.389. The Balaban J connectivity index is 2.46. The Kier molecular flexibility index (Phi) is 2.41. The lowest BCUT2D eigenvalue weighted by atomic mass is 10.1. The summed E-state index contributed by atoms with van der Waals surface area (Å²) in [5.74, 6) is 0.147. The van der Waals surface area contributed by atoms with Gasteiger partial charge in [0.2, 0.25) is 0 Å². The molecule has 0 spiro atoms. The molecule has 0 aliphatic carbocycles. The first-order valence-corrected chi connectivity index (χ1v) is 4.57. The van der Waals surface area contributed by atoms with E-state index in [1.165, 1.54) is 6.26 Å². The van der Waals surface area contributed by atoms with Gasteiger partial charge in [-0.1, -0.05) is 18.2 Å². The first-order chi connectivity index (χ1) is 6.79. The van der Waals surface area contributed by atoms with Crippen molar-refractivity contribution in [2.75, 3.05) is 0 Å². The van der Waals surface area contributed by atoms with Gasteiger partial charge in [0.05, 0.1) is 0 Å². The van der Waals surface area contributed by atoms with Gasteiger partial charge in [-0.15, -0.1) is 11.6 Å². The largest absolute Gasteiger partial charge is 0.519 e. The number of benzene rings is 1. The van der Waals surface area contributed by atoms with Crippen molar-refractivity contribution in [3.63, 3.8) is 0 Å². The molecule has 1 aromatic carbocycles. The minimum absolute atomic E-state index is 0.418. The molecule has 1 heterocycles. The number of halogens is 1. The Labute approximate surface area is 84.9 Å². The number of hydrogen-bond acceptors (Lipinski definition) is 3. The molecular weight excluding hydrogens is 204 g/mol. The molecule has 0 amide bonds. The SMILES string of the molecule is O=c1occ(-c2cccc(CCl)c2)o1. The van der Waals surface area contributed by atoms with E-state index < -0.39 is 5.82 Å². The Morgan fingerprint density at radius 2 is 2.21 bits per heavy atom. The average Bonchev–Trinajstić information content (AvgIpc) is 2.65. The monoisotopic (exact) mass is 210 g/mol. The maximum atomic E-state index is 10.7. The van der Waals surface area contributed by atoms with Gasteiger partial charge in [0, 0.05) is 11.4 Å². The van der Waals surface area contributed by atoms with Gasteiger partial charge in [-0.3, -0.25) is 0 Å². The number of hydrogen-bond donors (Lipinski definition) is 0. The summed E-state index contributed by atoms with van der Waals surface area (Å²) in [6.07, 6.45) is 1.29. The molecule has 0 saturated carbocycles. The lowest BCUT2D eigenvalue weighted by Gasteiger charge is -1.97. The van der Waals surface area contributed by atoms with Crippen LogP contribution >= 0.6 is 11.6 Å². The first-order valence-electron chi connectivity index (χ1n) is 4.03. The van der Waals surface area contributed by atoms with Crippen molar-refractivity contribution in [3.8, 4) is 11.3 Å². The fourth-order valence-corrected chi connectivity index (χ4v) is 1.34. The van der Waals surface area contributed by atoms with Gasteiger partial charge >= 0.3 is 5.82 Å². The molecule has 0 N–H and O–H groups in total. The summed E-state index contributed by atoms with van der Waals surface area (Å²) < 4.78 is 9.34. The standard InChI is InChI=1S/C10H7ClO3/c11-5-7-2-1-3-8(4-7)9-6-13-10(12)14-9/h1-4,6H,5H2. The highest BCUT2D eigenvalue weighted by atomic mass is 35.5. The minimum atomic E-state index is -0.698. The predicted molar refractivity (Wildman–Crippen MR) is 52.2 cm³/mol. The van der Waals surface area contributed by atoms with Crippen molar-refractivity contribution in [2.45, 2.75) is 5.88 Å². The quantitative estimate of drug-likeness (QED) is 0.716. The van der Waals surface area contributed by atoms with Crippen molar-refractivity contribution in [2.24, 2.45) is 0 Å². The van der Waals surface area contributed by atoms with Crippen molar-refractivity contribution in [1.82, 2.24) is 0 Å². The maximum Gasteiger partial charge on any atom is 0.519 e. The molecule has 72 valence electrons. The molecule has 2 aromatic rings. The molecule has 2 rings (SSSR count). The van der Waals surface area contributed by atoms with Crippen LogP contribution in [-0.2, 0) is 5.88 Å². The number of alkyl halides is 1. The summed E-state index contributed by atoms with van der Waals surface area (Å²) >= 11 is 5.68. The molecule has 0 fully saturated rings. The van der Waals surface area contributed by atoms with Crippen LogP contribution < -0.4 is 5.82 Å². The van der Waals surface area contributed by atoms with E-state index in [0.29, 0.717) is 11.6 Å². The fraction of sp³-hybridized carbons (Fsp3) is 0.100. The molecule has 4 heteroatoms. The zero-order chi connectivity index (χ0) is 9.97. The smallest absolute Gasteiger partial charge is 0.399 e. The van der Waals surface area contributed by atoms with Crippen molar-refractivity contribution in [1.29, 1.82) is 0 Å². The maximum absolute atomic E-state index is 10.7. The zero-order valence-electron chi connectivity index (χ0n) is 7.20. The van der Waals surface area contributed by atoms with Crippen LogP contribution in [0.1, 0.15) is 5.56 Å². The lowest BCUT2D eigenvalue weighted by Crippen LogP contribution is -1.85. The van der Waals surface area contributed by atoms with Crippen LogP contribution in [0.15, 0.2) is 44.2 Å². The summed E-state index contributed by atoms with van der Waals surface area (Å²) in [6, 6.07) is 7.42. The summed E-state index contributed by atoms with van der Waals surface area (Å²) in [4.78, 5) is 10.7. The summed E-state index contributed by atoms with van der Waals surface area (Å²) in [6.45, 7) is 0. The Morgan fingerprint density at radius 1 is 1.36 bits per heavy atom. The van der Waals surface area contributed by atoms with Crippen molar-refractivity contribution >= 4 is 11.6 Å². The Hall–Kier alpha value is -1.48. The third-order valence-corrected chi connectivity index (χ3v) is 2.13. The molecule has 0 aliphatic heterocycles. The third kappa shape index (κ3) is 1.72. The summed E-state index contributed by atoms with van der Waals surface area (Å²) in [7, 11) is 0. The number of rotatable bonds is 2. The highest BCUT2D eigenvalue weighted by Crippen LogP contribution is 2.19. The highest BCUT2D eigenvalue weighted by molar-refractivity contribution is 6.17. The second kappa shape index (κ2) is 3.72. The molecule has 3 nitrogen and oxygen atoms in total. The second-order valence-electron chi connectivity index (χ2n) is 2.79. The van der Waals surface area contributed by atoms with E-state index in [2.05, 4.69) is 4.42 Å². The van der Waals surface area contributed by atoms with Crippen LogP contribution in [0, 0.1) is 0 Å². The van der Waals surface area contributed by atoms with E-state index in [9.17, 15) is 4.79 Å². The van der Waals surface area contributed by atoms with E-state index in [1.807, 2.05) is 24.3 Å². The van der Waals surface area contributed by atoms with Crippen LogP contribution in [0.5, 0.6) is 0 Å². The predicted octanol–water partition coefficient (Wildman–Crippen LogP) is 2.64. The zero-order valence-corrected chi connectivity index (χ0v) is 7.95. The van der Waals surface area contributed by atoms with Gasteiger partial charge in [-0.25, -0.2) is 4.79 Å². The van der Waals surface area contributed by atoms with Crippen LogP contribution in [0.4, 0.5) is 0 Å². The van der Waals surface area contributed by atoms with Gasteiger partial charge in [0.25, 0.3) is 0 Å². The van der Waals surface area contributed by atoms with Gasteiger partial charge in [-0.2, -0.15) is 0 Å². The highest BCUT2D eigenvalue weighted by Gasteiger charge is 2.04. The topological polar surface area (TPSA) is 43.4 Å². The van der Waals surface area contributed by atoms with E-state index in [-0.39, 0.29) is 0 Å². The Morgan fingerprint density at radius 3 is 2.86 bits per heavy atom. The molecule has 0 radical (unpaired) electrons. The first kappa shape index (κ1) is 9.09. The molecule has 0 bridgehead atoms. The fourth-order valence-electron chi connectivity index (χ4n) is 1.17. The summed E-state index contributed by atoms with van der Waals surface area (Å²) in [5, 5.41) is 0. The second-order valence-corrected chi connectivity index (χ2v) is 3.05. The van der Waals surface area contributed by atoms with Gasteiger partial charge in [-0.05, 0) is 11.6 Å². The van der Waals surface area contributed by atoms with Crippen LogP contribution in [0.3, 0.4) is 0 Å². The molecule has 0 aliphatic rings. The molecular formula is C10H7ClO3. The van der Waals surface area contributed by atoms with E-state index in [4.69, 9.17) is 16.0 Å². The van der Waals surface area contributed by atoms with E-state index in [1.54, 1.807) is 0 Å². The molecule has 0 saturated heterocycles. The van der Waals surface area contributed by atoms with E-state index in [0.717, 1.165) is 11.1 Å². The van der Waals surface area contributed by atoms with Crippen LogP contribution in [0.2, 0.25) is 0 Å². The van der Waals surface area contributed by atoms with Crippen molar-refractivity contribution < 1.29 is 8.83 Å². The van der Waals surface area contributed by atoms with E-state index >= 15 is 0 Å². The summed E-state index contributed by atoms with van der Waals surface area (Å²) in [5.41, 5.74) is 1.75. The van der Waals surface area contributed by atoms with Gasteiger partial charge in [0.15, 0.2) is 5.76 Å². The van der Waals surface area contributed by atoms with Crippen molar-refractivity contribution in [3.05, 3.63) is 46.7 Å². The average molecular weight is 211 g/mol. The minimum Gasteiger partial charge on any atom is -0.399 e. The molecule has 0 atom stereocenters. The Bertz CT molecular complexity index is 484. The molecule has 14 heavy (non-hydrogen) atoms. The van der Waals surface area contributed by atoms with Gasteiger partial charge in [0.1, 0.15) is 6.26 Å². The normalized spacial score (nSPS) is 10.4. The molecule has 0 unspecified atom stereocenters.